The lowest BCUT2D eigenvalue weighted by atomic mass is 10.1. The lowest BCUT2D eigenvalue weighted by Gasteiger charge is -2.09. The molecule has 13 heteroatoms. The highest BCUT2D eigenvalue weighted by atomic mass is 32.2. The maximum absolute atomic E-state index is 12.7. The van der Waals surface area contributed by atoms with Gasteiger partial charge in [-0.25, -0.2) is 13.1 Å². The summed E-state index contributed by atoms with van der Waals surface area (Å²) in [7, 11) is -2.68. The predicted octanol–water partition coefficient (Wildman–Crippen LogP) is 1.47. The van der Waals surface area contributed by atoms with E-state index in [1.165, 1.54) is 36.4 Å². The van der Waals surface area contributed by atoms with E-state index in [1.54, 1.807) is 14.0 Å². The number of nitrogens with zero attached hydrogens (tertiary/aromatic N) is 1. The van der Waals surface area contributed by atoms with Gasteiger partial charge in [0.2, 0.25) is 0 Å². The van der Waals surface area contributed by atoms with Gasteiger partial charge < -0.3 is 20.1 Å². The minimum absolute atomic E-state index is 0.0819. The van der Waals surface area contributed by atoms with Gasteiger partial charge in [-0.05, 0) is 67.4 Å². The van der Waals surface area contributed by atoms with Crippen molar-refractivity contribution in [2.45, 2.75) is 18.2 Å². The lowest BCUT2D eigenvalue weighted by molar-refractivity contribution is -0.141. The second-order valence-corrected chi connectivity index (χ2v) is 9.92. The maximum atomic E-state index is 12.7. The van der Waals surface area contributed by atoms with Gasteiger partial charge in [-0.2, -0.15) is 0 Å². The Balaban J connectivity index is 1.53. The van der Waals surface area contributed by atoms with Crippen LogP contribution in [0.4, 0.5) is 0 Å². The standard InChI is InChI=1S/C27H28N4O8S/c1-3-39-24(32)17-30-27(35)23-13-8-20(16-29-23)26(34)31-40(36,37)22-11-6-19(7-12-22)25(33)28-15-14-18-4-9-21(38-2)10-5-18/h4-13,16H,3,14-15,17H2,1-2H3,(H,28,33)(H,30,35)(H,31,34). The number of carbonyl (C=O) groups excluding carboxylic acids is 4. The second kappa shape index (κ2) is 13.8. The molecule has 0 fully saturated rings. The summed E-state index contributed by atoms with van der Waals surface area (Å²) in [5.41, 5.74) is 1.07. The molecule has 2 aromatic carbocycles. The molecule has 0 aliphatic heterocycles. The minimum atomic E-state index is -4.26. The van der Waals surface area contributed by atoms with Crippen LogP contribution in [0.15, 0.2) is 71.8 Å². The Kier molecular flexibility index (Phi) is 10.3. The Bertz CT molecular complexity index is 1460. The number of carbonyl (C=O) groups is 4. The predicted molar refractivity (Wildman–Crippen MR) is 143 cm³/mol. The molecule has 12 nitrogen and oxygen atoms in total. The van der Waals surface area contributed by atoms with Crippen LogP contribution < -0.4 is 20.1 Å². The Labute approximate surface area is 231 Å². The summed E-state index contributed by atoms with van der Waals surface area (Å²) < 4.78 is 37.1. The number of aromatic nitrogens is 1. The zero-order valence-electron chi connectivity index (χ0n) is 21.8. The first-order valence-corrected chi connectivity index (χ1v) is 13.6. The molecule has 3 amide bonds. The third-order valence-electron chi connectivity index (χ3n) is 5.47. The molecule has 0 unspecified atom stereocenters. The van der Waals surface area contributed by atoms with Gasteiger partial charge in [0.25, 0.3) is 27.7 Å². The van der Waals surface area contributed by atoms with E-state index in [2.05, 4.69) is 15.6 Å². The van der Waals surface area contributed by atoms with Crippen molar-refractivity contribution >= 4 is 33.7 Å². The summed E-state index contributed by atoms with van der Waals surface area (Å²) >= 11 is 0. The van der Waals surface area contributed by atoms with E-state index in [4.69, 9.17) is 9.47 Å². The van der Waals surface area contributed by atoms with Gasteiger partial charge in [-0.1, -0.05) is 12.1 Å². The molecule has 0 aliphatic carbocycles. The molecule has 0 aliphatic rings. The zero-order chi connectivity index (χ0) is 29.1. The molecule has 0 radical (unpaired) electrons. The molecule has 0 bridgehead atoms. The maximum Gasteiger partial charge on any atom is 0.325 e. The van der Waals surface area contributed by atoms with E-state index in [-0.39, 0.29) is 40.8 Å². The summed E-state index contributed by atoms with van der Waals surface area (Å²) in [5, 5.41) is 5.09. The van der Waals surface area contributed by atoms with Crippen LogP contribution in [-0.2, 0) is 26.0 Å². The van der Waals surface area contributed by atoms with Crippen LogP contribution in [0.2, 0.25) is 0 Å². The fourth-order valence-electron chi connectivity index (χ4n) is 3.36. The van der Waals surface area contributed by atoms with Crippen molar-refractivity contribution in [2.75, 3.05) is 26.8 Å². The summed E-state index contributed by atoms with van der Waals surface area (Å²) in [6, 6.07) is 15.0. The first kappa shape index (κ1) is 29.8. The van der Waals surface area contributed by atoms with E-state index >= 15 is 0 Å². The highest BCUT2D eigenvalue weighted by molar-refractivity contribution is 7.90. The van der Waals surface area contributed by atoms with Crippen molar-refractivity contribution < 1.29 is 37.1 Å². The molecule has 0 saturated heterocycles. The van der Waals surface area contributed by atoms with Crippen LogP contribution >= 0.6 is 0 Å². The van der Waals surface area contributed by atoms with Crippen molar-refractivity contribution in [1.82, 2.24) is 20.3 Å². The number of ether oxygens (including phenoxy) is 2. The SMILES string of the molecule is CCOC(=O)CNC(=O)c1ccc(C(=O)NS(=O)(=O)c2ccc(C(=O)NCCc3ccc(OC)cc3)cc2)cn1. The Morgan fingerprint density at radius 1 is 0.825 bits per heavy atom. The van der Waals surface area contributed by atoms with Crippen LogP contribution in [0.25, 0.3) is 0 Å². The fraction of sp³-hybridized carbons (Fsp3) is 0.222. The average molecular weight is 569 g/mol. The number of esters is 1. The van der Waals surface area contributed by atoms with Gasteiger partial charge in [0, 0.05) is 18.3 Å². The summed E-state index contributed by atoms with van der Waals surface area (Å²) in [6.07, 6.45) is 1.63. The highest BCUT2D eigenvalue weighted by Crippen LogP contribution is 2.13. The number of hydrogen-bond acceptors (Lipinski definition) is 9. The van der Waals surface area contributed by atoms with Crippen molar-refractivity contribution in [3.8, 4) is 5.75 Å². The average Bonchev–Trinajstić information content (AvgIpc) is 2.96. The quantitative estimate of drug-likeness (QED) is 0.274. The zero-order valence-corrected chi connectivity index (χ0v) is 22.6. The molecule has 0 spiro atoms. The molecule has 1 heterocycles. The van der Waals surface area contributed by atoms with Gasteiger partial charge in [0.1, 0.15) is 18.0 Å². The first-order chi connectivity index (χ1) is 19.1. The molecule has 3 N–H and O–H groups in total. The van der Waals surface area contributed by atoms with E-state index < -0.39 is 27.8 Å². The van der Waals surface area contributed by atoms with Crippen LogP contribution in [-0.4, -0.2) is 63.9 Å². The Morgan fingerprint density at radius 2 is 1.50 bits per heavy atom. The van der Waals surface area contributed by atoms with Crippen LogP contribution in [0.3, 0.4) is 0 Å². The molecular formula is C27H28N4O8S. The van der Waals surface area contributed by atoms with Crippen LogP contribution in [0, 0.1) is 0 Å². The summed E-state index contributed by atoms with van der Waals surface area (Å²) in [6.45, 7) is 1.83. The molecule has 0 saturated carbocycles. The number of benzene rings is 2. The van der Waals surface area contributed by atoms with E-state index in [9.17, 15) is 27.6 Å². The molecule has 40 heavy (non-hydrogen) atoms. The second-order valence-electron chi connectivity index (χ2n) is 8.23. The molecule has 210 valence electrons. The minimum Gasteiger partial charge on any atom is -0.497 e. The molecule has 3 rings (SSSR count). The summed E-state index contributed by atoms with van der Waals surface area (Å²) in [4.78, 5) is 51.9. The largest absolute Gasteiger partial charge is 0.497 e. The van der Waals surface area contributed by atoms with E-state index in [0.29, 0.717) is 13.0 Å². The van der Waals surface area contributed by atoms with Crippen molar-refractivity contribution in [2.24, 2.45) is 0 Å². The third kappa shape index (κ3) is 8.36. The number of amides is 3. The fourth-order valence-corrected chi connectivity index (χ4v) is 4.33. The third-order valence-corrected chi connectivity index (χ3v) is 6.82. The Morgan fingerprint density at radius 3 is 2.10 bits per heavy atom. The van der Waals surface area contributed by atoms with Crippen molar-refractivity contribution in [1.29, 1.82) is 0 Å². The van der Waals surface area contributed by atoms with Gasteiger partial charge in [-0.3, -0.25) is 24.2 Å². The van der Waals surface area contributed by atoms with Gasteiger partial charge in [-0.15, -0.1) is 0 Å². The smallest absolute Gasteiger partial charge is 0.325 e. The molecule has 3 aromatic rings. The number of nitrogens with one attached hydrogen (secondary N) is 3. The van der Waals surface area contributed by atoms with Gasteiger partial charge in [0.05, 0.1) is 24.2 Å². The number of methoxy groups -OCH3 is 1. The van der Waals surface area contributed by atoms with E-state index in [1.807, 2.05) is 29.0 Å². The number of rotatable bonds is 12. The molecular weight excluding hydrogens is 540 g/mol. The summed E-state index contributed by atoms with van der Waals surface area (Å²) in [5.74, 6) is -1.89. The highest BCUT2D eigenvalue weighted by Gasteiger charge is 2.20. The van der Waals surface area contributed by atoms with E-state index in [0.717, 1.165) is 17.5 Å². The number of pyridine rings is 1. The van der Waals surface area contributed by atoms with Crippen LogP contribution in [0.5, 0.6) is 5.75 Å². The number of hydrogen-bond donors (Lipinski definition) is 3. The molecule has 0 atom stereocenters. The monoisotopic (exact) mass is 568 g/mol. The number of sulfonamides is 1. The van der Waals surface area contributed by atoms with Gasteiger partial charge >= 0.3 is 5.97 Å². The van der Waals surface area contributed by atoms with Crippen molar-refractivity contribution in [3.63, 3.8) is 0 Å². The van der Waals surface area contributed by atoms with Crippen molar-refractivity contribution in [3.05, 3.63) is 89.2 Å². The Hall–Kier alpha value is -4.78. The first-order valence-electron chi connectivity index (χ1n) is 12.1. The molecule has 1 aromatic heterocycles. The topological polar surface area (TPSA) is 170 Å². The van der Waals surface area contributed by atoms with Gasteiger partial charge in [0.15, 0.2) is 0 Å². The normalized spacial score (nSPS) is 10.8. The van der Waals surface area contributed by atoms with Crippen LogP contribution in [0.1, 0.15) is 43.7 Å². The lowest BCUT2D eigenvalue weighted by Crippen LogP contribution is -2.32.